The Morgan fingerprint density at radius 1 is 1.17 bits per heavy atom. The van der Waals surface area contributed by atoms with Crippen LogP contribution in [0.15, 0.2) is 28.7 Å². The highest BCUT2D eigenvalue weighted by Crippen LogP contribution is 2.25. The van der Waals surface area contributed by atoms with Crippen LogP contribution in [-0.2, 0) is 0 Å². The van der Waals surface area contributed by atoms with E-state index in [0.29, 0.717) is 11.8 Å². The topological polar surface area (TPSA) is 60.2 Å². The summed E-state index contributed by atoms with van der Waals surface area (Å²) in [5.41, 5.74) is 1.01. The molecule has 1 aromatic carbocycles. The van der Waals surface area contributed by atoms with E-state index in [1.165, 1.54) is 32.1 Å². The molecule has 0 aliphatic heterocycles. The van der Waals surface area contributed by atoms with Gasteiger partial charge in [0.2, 0.25) is 11.8 Å². The minimum Gasteiger partial charge on any atom is -0.493 e. The van der Waals surface area contributed by atoms with Gasteiger partial charge < -0.3 is 14.5 Å². The van der Waals surface area contributed by atoms with Crippen LogP contribution < -0.4 is 10.1 Å². The van der Waals surface area contributed by atoms with Gasteiger partial charge in [0.25, 0.3) is 0 Å². The monoisotopic (exact) mass is 315 g/mol. The van der Waals surface area contributed by atoms with Gasteiger partial charge in [-0.25, -0.2) is 0 Å². The fraction of sp³-hybridized carbons (Fsp3) is 0.556. The van der Waals surface area contributed by atoms with Crippen LogP contribution in [0, 0.1) is 12.8 Å². The number of nitrogens with one attached hydrogen (secondary N) is 1. The zero-order chi connectivity index (χ0) is 16.1. The normalized spacial score (nSPS) is 17.0. The van der Waals surface area contributed by atoms with Gasteiger partial charge in [-0.1, -0.05) is 19.3 Å². The van der Waals surface area contributed by atoms with Crippen molar-refractivity contribution in [2.24, 2.45) is 5.92 Å². The van der Waals surface area contributed by atoms with Crippen LogP contribution in [0.2, 0.25) is 0 Å². The van der Waals surface area contributed by atoms with Gasteiger partial charge in [0, 0.05) is 12.6 Å². The van der Waals surface area contributed by atoms with Crippen molar-refractivity contribution in [3.05, 3.63) is 36.0 Å². The predicted octanol–water partition coefficient (Wildman–Crippen LogP) is 4.51. The molecule has 0 radical (unpaired) electrons. The van der Waals surface area contributed by atoms with E-state index in [2.05, 4.69) is 15.5 Å². The van der Waals surface area contributed by atoms with Crippen molar-refractivity contribution in [2.45, 2.75) is 52.0 Å². The average Bonchev–Trinajstić information content (AvgIpc) is 3.02. The summed E-state index contributed by atoms with van der Waals surface area (Å²) >= 11 is 0. The third-order valence-corrected chi connectivity index (χ3v) is 4.36. The largest absolute Gasteiger partial charge is 0.493 e. The first-order valence-electron chi connectivity index (χ1n) is 8.50. The van der Waals surface area contributed by atoms with Crippen molar-refractivity contribution < 1.29 is 9.15 Å². The minimum atomic E-state index is -0.0230. The molecule has 3 rings (SSSR count). The maximum Gasteiger partial charge on any atom is 0.238 e. The van der Waals surface area contributed by atoms with Gasteiger partial charge in [0.1, 0.15) is 11.8 Å². The molecule has 5 nitrogen and oxygen atoms in total. The molecule has 1 heterocycles. The van der Waals surface area contributed by atoms with Crippen LogP contribution in [0.25, 0.3) is 0 Å². The first-order valence-corrected chi connectivity index (χ1v) is 8.50. The van der Waals surface area contributed by atoms with Crippen LogP contribution in [-0.4, -0.2) is 16.8 Å². The third kappa shape index (κ3) is 4.47. The van der Waals surface area contributed by atoms with Gasteiger partial charge in [-0.15, -0.1) is 10.2 Å². The fourth-order valence-corrected chi connectivity index (χ4v) is 3.01. The standard InChI is InChI=1S/C18H25N3O2/c1-13(18-21-20-14(2)23-18)19-16-8-10-17(11-9-16)22-12-15-6-4-3-5-7-15/h8-11,13,15,19H,3-7,12H2,1-2H3/t13-/m1/s1. The van der Waals surface area contributed by atoms with Crippen LogP contribution >= 0.6 is 0 Å². The number of benzene rings is 1. The van der Waals surface area contributed by atoms with Crippen molar-refractivity contribution >= 4 is 5.69 Å². The summed E-state index contributed by atoms with van der Waals surface area (Å²) in [6.45, 7) is 4.63. The number of aryl methyl sites for hydroxylation is 1. The van der Waals surface area contributed by atoms with E-state index in [4.69, 9.17) is 9.15 Å². The van der Waals surface area contributed by atoms with Crippen LogP contribution in [0.4, 0.5) is 5.69 Å². The summed E-state index contributed by atoms with van der Waals surface area (Å²) in [5, 5.41) is 11.2. The highest BCUT2D eigenvalue weighted by molar-refractivity contribution is 5.47. The molecule has 1 fully saturated rings. The third-order valence-electron chi connectivity index (χ3n) is 4.36. The maximum absolute atomic E-state index is 5.92. The SMILES string of the molecule is Cc1nnc([C@@H](C)Nc2ccc(OCC3CCCCC3)cc2)o1. The van der Waals surface area contributed by atoms with E-state index in [-0.39, 0.29) is 6.04 Å². The Morgan fingerprint density at radius 3 is 2.57 bits per heavy atom. The van der Waals surface area contributed by atoms with Crippen molar-refractivity contribution in [2.75, 3.05) is 11.9 Å². The summed E-state index contributed by atoms with van der Waals surface area (Å²) in [5.74, 6) is 2.84. The number of hydrogen-bond donors (Lipinski definition) is 1. The lowest BCUT2D eigenvalue weighted by molar-refractivity contribution is 0.209. The lowest BCUT2D eigenvalue weighted by atomic mass is 9.90. The molecule has 0 bridgehead atoms. The van der Waals surface area contributed by atoms with Gasteiger partial charge in [-0.3, -0.25) is 0 Å². The summed E-state index contributed by atoms with van der Waals surface area (Å²) < 4.78 is 11.4. The van der Waals surface area contributed by atoms with Gasteiger partial charge in [-0.05, 0) is 49.9 Å². The zero-order valence-electron chi connectivity index (χ0n) is 13.9. The Bertz CT molecular complexity index is 603. The highest BCUT2D eigenvalue weighted by atomic mass is 16.5. The highest BCUT2D eigenvalue weighted by Gasteiger charge is 2.14. The Kier molecular flexibility index (Phi) is 5.16. The van der Waals surface area contributed by atoms with Crippen LogP contribution in [0.5, 0.6) is 5.75 Å². The molecule has 1 aliphatic rings. The Hall–Kier alpha value is -2.04. The van der Waals surface area contributed by atoms with Gasteiger partial charge >= 0.3 is 0 Å². The van der Waals surface area contributed by atoms with E-state index in [1.54, 1.807) is 6.92 Å². The quantitative estimate of drug-likeness (QED) is 0.850. The second kappa shape index (κ2) is 7.49. The second-order valence-electron chi connectivity index (χ2n) is 6.36. The number of ether oxygens (including phenoxy) is 1. The molecule has 0 unspecified atom stereocenters. The number of rotatable bonds is 6. The van der Waals surface area contributed by atoms with Crippen molar-refractivity contribution in [1.29, 1.82) is 0 Å². The minimum absolute atomic E-state index is 0.0230. The molecule has 2 aromatic rings. The Labute approximate surface area is 137 Å². The molecule has 0 saturated heterocycles. The van der Waals surface area contributed by atoms with Crippen LogP contribution in [0.3, 0.4) is 0 Å². The molecular formula is C18H25N3O2. The lowest BCUT2D eigenvalue weighted by Crippen LogP contribution is -2.15. The molecule has 1 aliphatic carbocycles. The number of nitrogens with zero attached hydrogens (tertiary/aromatic N) is 2. The Balaban J connectivity index is 1.50. The molecular weight excluding hydrogens is 290 g/mol. The predicted molar refractivity (Wildman–Crippen MR) is 89.6 cm³/mol. The average molecular weight is 315 g/mol. The van der Waals surface area contributed by atoms with E-state index < -0.39 is 0 Å². The molecule has 0 spiro atoms. The molecule has 1 N–H and O–H groups in total. The summed E-state index contributed by atoms with van der Waals surface area (Å²) in [6, 6.07) is 8.05. The molecule has 1 atom stereocenters. The molecule has 124 valence electrons. The van der Waals surface area contributed by atoms with E-state index in [1.807, 2.05) is 31.2 Å². The van der Waals surface area contributed by atoms with Gasteiger partial charge in [0.05, 0.1) is 6.61 Å². The maximum atomic E-state index is 5.92. The van der Waals surface area contributed by atoms with Gasteiger partial charge in [0.15, 0.2) is 0 Å². The van der Waals surface area contributed by atoms with Gasteiger partial charge in [-0.2, -0.15) is 0 Å². The molecule has 5 heteroatoms. The molecule has 1 saturated carbocycles. The fourth-order valence-electron chi connectivity index (χ4n) is 3.01. The first-order chi connectivity index (χ1) is 11.2. The lowest BCUT2D eigenvalue weighted by Gasteiger charge is -2.21. The second-order valence-corrected chi connectivity index (χ2v) is 6.36. The first kappa shape index (κ1) is 15.8. The van der Waals surface area contributed by atoms with Crippen molar-refractivity contribution in [3.63, 3.8) is 0 Å². The van der Waals surface area contributed by atoms with Crippen molar-refractivity contribution in [3.8, 4) is 5.75 Å². The number of aromatic nitrogens is 2. The van der Waals surface area contributed by atoms with E-state index in [9.17, 15) is 0 Å². The number of anilines is 1. The molecule has 0 amide bonds. The summed E-state index contributed by atoms with van der Waals surface area (Å²) in [7, 11) is 0. The number of hydrogen-bond acceptors (Lipinski definition) is 5. The summed E-state index contributed by atoms with van der Waals surface area (Å²) in [4.78, 5) is 0. The molecule has 1 aromatic heterocycles. The van der Waals surface area contributed by atoms with E-state index in [0.717, 1.165) is 24.0 Å². The van der Waals surface area contributed by atoms with Crippen molar-refractivity contribution in [1.82, 2.24) is 10.2 Å². The van der Waals surface area contributed by atoms with Crippen LogP contribution in [0.1, 0.15) is 56.9 Å². The van der Waals surface area contributed by atoms with E-state index >= 15 is 0 Å². The summed E-state index contributed by atoms with van der Waals surface area (Å²) in [6.07, 6.45) is 6.70. The Morgan fingerprint density at radius 2 is 1.91 bits per heavy atom. The smallest absolute Gasteiger partial charge is 0.238 e. The molecule has 23 heavy (non-hydrogen) atoms. The zero-order valence-corrected chi connectivity index (χ0v) is 13.9.